The average molecular weight is 341 g/mol. The van der Waals surface area contributed by atoms with Crippen LogP contribution in [0.3, 0.4) is 0 Å². The quantitative estimate of drug-likeness (QED) is 0.367. The molecule has 25 heavy (non-hydrogen) atoms. The molecule has 0 aliphatic heterocycles. The highest BCUT2D eigenvalue weighted by Gasteiger charge is 2.33. The second-order valence-electron chi connectivity index (χ2n) is 6.08. The minimum atomic E-state index is -1.08. The first-order chi connectivity index (χ1) is 11.8. The monoisotopic (exact) mass is 341 g/mol. The summed E-state index contributed by atoms with van der Waals surface area (Å²) in [5.41, 5.74) is 7.42. The zero-order valence-electron chi connectivity index (χ0n) is 14.6. The highest BCUT2D eigenvalue weighted by atomic mass is 16.5. The molecular formula is C19H23N3O3. The Morgan fingerprint density at radius 2 is 1.88 bits per heavy atom. The van der Waals surface area contributed by atoms with Gasteiger partial charge in [-0.1, -0.05) is 18.8 Å². The minimum Gasteiger partial charge on any atom is -0.338 e. The first-order valence-corrected chi connectivity index (χ1v) is 7.92. The number of hydrogen-bond donors (Lipinski definition) is 4. The topological polar surface area (TPSA) is 104 Å². The Morgan fingerprint density at radius 3 is 2.40 bits per heavy atom. The second-order valence-corrected chi connectivity index (χ2v) is 6.08. The first-order valence-electron chi connectivity index (χ1n) is 7.92. The molecule has 132 valence electrons. The molecule has 0 aliphatic carbocycles. The van der Waals surface area contributed by atoms with Crippen molar-refractivity contribution in [2.24, 2.45) is 5.73 Å². The van der Waals surface area contributed by atoms with Gasteiger partial charge in [0.15, 0.2) is 0 Å². The number of carbonyl (C=O) groups excluding carboxylic acids is 2. The fourth-order valence-electron chi connectivity index (χ4n) is 1.91. The Kier molecular flexibility index (Phi) is 7.68. The summed E-state index contributed by atoms with van der Waals surface area (Å²) in [6.45, 7) is 5.20. The molecule has 0 aromatic heterocycles. The number of nitrogens with two attached hydrogens (primary N) is 1. The number of hydroxylamine groups is 1. The van der Waals surface area contributed by atoms with Gasteiger partial charge >= 0.3 is 0 Å². The molecule has 0 bridgehead atoms. The molecule has 1 aromatic carbocycles. The summed E-state index contributed by atoms with van der Waals surface area (Å²) in [6, 6.07) is 5.49. The molecule has 5 N–H and O–H groups in total. The van der Waals surface area contributed by atoms with Crippen molar-refractivity contribution in [1.82, 2.24) is 10.8 Å². The molecule has 2 amide bonds. The van der Waals surface area contributed by atoms with E-state index in [1.54, 1.807) is 38.1 Å². The molecule has 1 rings (SSSR count). The summed E-state index contributed by atoms with van der Waals surface area (Å²) >= 11 is 0. The highest BCUT2D eigenvalue weighted by Crippen LogP contribution is 2.08. The summed E-state index contributed by atoms with van der Waals surface area (Å²) in [4.78, 5) is 24.0. The third kappa shape index (κ3) is 6.68. The smallest absolute Gasteiger partial charge is 0.267 e. The Bertz CT molecular complexity index is 726. The number of hydrogen-bond acceptors (Lipinski definition) is 4. The maximum Gasteiger partial charge on any atom is 0.267 e. The number of carbonyl (C=O) groups is 2. The number of benzene rings is 1. The molecular weight excluding hydrogens is 318 g/mol. The van der Waals surface area contributed by atoms with Gasteiger partial charge in [-0.15, -0.1) is 0 Å². The molecule has 0 spiro atoms. The van der Waals surface area contributed by atoms with Crippen LogP contribution >= 0.6 is 0 Å². The lowest BCUT2D eigenvalue weighted by molar-refractivity contribution is -0.132. The fourth-order valence-corrected chi connectivity index (χ4v) is 1.91. The summed E-state index contributed by atoms with van der Waals surface area (Å²) in [5, 5.41) is 11.3. The standard InChI is InChI=1S/C19H23N3O3/c1-4-5-6-7-8-9-14-10-12-15(13-11-14)17(23)21-16(18(24)22-25)19(2,3)20/h10-13,16,25H,4-5,20H2,1-3H3,(H,21,23)(H,22,24)/t16-/m1/s1. The molecule has 1 atom stereocenters. The molecule has 1 aromatic rings. The number of nitrogens with one attached hydrogen (secondary N) is 2. The van der Waals surface area contributed by atoms with E-state index in [4.69, 9.17) is 10.9 Å². The summed E-state index contributed by atoms with van der Waals surface area (Å²) < 4.78 is 0. The van der Waals surface area contributed by atoms with E-state index in [2.05, 4.69) is 29.0 Å². The van der Waals surface area contributed by atoms with Crippen LogP contribution in [0, 0.1) is 23.7 Å². The number of amides is 2. The van der Waals surface area contributed by atoms with Crippen molar-refractivity contribution in [2.45, 2.75) is 45.2 Å². The third-order valence-corrected chi connectivity index (χ3v) is 3.27. The van der Waals surface area contributed by atoms with Gasteiger partial charge in [0.1, 0.15) is 6.04 Å². The predicted octanol–water partition coefficient (Wildman–Crippen LogP) is 1.18. The van der Waals surface area contributed by atoms with Crippen molar-refractivity contribution >= 4 is 11.8 Å². The Morgan fingerprint density at radius 1 is 1.24 bits per heavy atom. The molecule has 6 heteroatoms. The van der Waals surface area contributed by atoms with Gasteiger partial charge in [-0.25, -0.2) is 5.48 Å². The summed E-state index contributed by atoms with van der Waals surface area (Å²) in [7, 11) is 0. The maximum absolute atomic E-state index is 12.3. The lowest BCUT2D eigenvalue weighted by Crippen LogP contribution is -2.61. The molecule has 0 saturated carbocycles. The van der Waals surface area contributed by atoms with Crippen molar-refractivity contribution in [3.63, 3.8) is 0 Å². The van der Waals surface area contributed by atoms with Crippen LogP contribution in [0.2, 0.25) is 0 Å². The van der Waals surface area contributed by atoms with Crippen LogP contribution in [0.1, 0.15) is 49.5 Å². The van der Waals surface area contributed by atoms with Gasteiger partial charge in [0, 0.05) is 23.1 Å². The van der Waals surface area contributed by atoms with Crippen LogP contribution in [-0.4, -0.2) is 28.6 Å². The first kappa shape index (κ1) is 20.2. The van der Waals surface area contributed by atoms with Gasteiger partial charge in [0.2, 0.25) is 0 Å². The lowest BCUT2D eigenvalue weighted by Gasteiger charge is -2.29. The SMILES string of the molecule is CCCC#CC#Cc1ccc(C(=O)N[C@H](C(=O)NO)C(C)(C)N)cc1. The van der Waals surface area contributed by atoms with Crippen LogP contribution in [0.25, 0.3) is 0 Å². The van der Waals surface area contributed by atoms with Crippen LogP contribution in [0.5, 0.6) is 0 Å². The van der Waals surface area contributed by atoms with Crippen molar-refractivity contribution in [2.75, 3.05) is 0 Å². The van der Waals surface area contributed by atoms with Gasteiger partial charge in [-0.3, -0.25) is 14.8 Å². The molecule has 0 fully saturated rings. The average Bonchev–Trinajstić information content (AvgIpc) is 2.58. The molecule has 0 radical (unpaired) electrons. The number of rotatable bonds is 5. The van der Waals surface area contributed by atoms with Gasteiger partial charge in [-0.2, -0.15) is 0 Å². The van der Waals surface area contributed by atoms with Crippen LogP contribution in [-0.2, 0) is 4.79 Å². The van der Waals surface area contributed by atoms with E-state index >= 15 is 0 Å². The van der Waals surface area contributed by atoms with Gasteiger partial charge in [-0.05, 0) is 56.4 Å². The number of unbranched alkanes of at least 4 members (excludes halogenated alkanes) is 1. The van der Waals surface area contributed by atoms with Gasteiger partial charge < -0.3 is 11.1 Å². The molecule has 0 heterocycles. The van der Waals surface area contributed by atoms with E-state index in [1.165, 1.54) is 5.48 Å². The van der Waals surface area contributed by atoms with Crippen molar-refractivity contribution in [3.05, 3.63) is 35.4 Å². The van der Waals surface area contributed by atoms with Gasteiger partial charge in [0.25, 0.3) is 11.8 Å². The van der Waals surface area contributed by atoms with E-state index in [0.717, 1.165) is 18.4 Å². The fraction of sp³-hybridized carbons (Fsp3) is 0.368. The van der Waals surface area contributed by atoms with Gasteiger partial charge in [0.05, 0.1) is 0 Å². The highest BCUT2D eigenvalue weighted by molar-refractivity contribution is 5.97. The zero-order chi connectivity index (χ0) is 18.9. The van der Waals surface area contributed by atoms with E-state index in [1.807, 2.05) is 6.92 Å². The Hall–Kier alpha value is -2.80. The Labute approximate surface area is 148 Å². The summed E-state index contributed by atoms with van der Waals surface area (Å²) in [5.74, 6) is 10.1. The van der Waals surface area contributed by atoms with Crippen LogP contribution in [0.15, 0.2) is 24.3 Å². The van der Waals surface area contributed by atoms with E-state index in [9.17, 15) is 9.59 Å². The molecule has 0 saturated heterocycles. The molecule has 0 aliphatic rings. The molecule has 0 unspecified atom stereocenters. The minimum absolute atomic E-state index is 0.350. The Balaban J connectivity index is 2.83. The van der Waals surface area contributed by atoms with Crippen molar-refractivity contribution in [3.8, 4) is 23.7 Å². The zero-order valence-corrected chi connectivity index (χ0v) is 14.6. The second kappa shape index (κ2) is 9.48. The van der Waals surface area contributed by atoms with E-state index in [0.29, 0.717) is 5.56 Å². The maximum atomic E-state index is 12.3. The third-order valence-electron chi connectivity index (χ3n) is 3.27. The normalized spacial score (nSPS) is 11.2. The lowest BCUT2D eigenvalue weighted by atomic mass is 9.95. The largest absolute Gasteiger partial charge is 0.338 e. The van der Waals surface area contributed by atoms with E-state index in [-0.39, 0.29) is 0 Å². The van der Waals surface area contributed by atoms with Crippen LogP contribution in [0.4, 0.5) is 0 Å². The predicted molar refractivity (Wildman–Crippen MR) is 95.5 cm³/mol. The van der Waals surface area contributed by atoms with Crippen molar-refractivity contribution < 1.29 is 14.8 Å². The van der Waals surface area contributed by atoms with Crippen molar-refractivity contribution in [1.29, 1.82) is 0 Å². The summed E-state index contributed by atoms with van der Waals surface area (Å²) in [6.07, 6.45) is 1.81. The molecule has 6 nitrogen and oxygen atoms in total. The van der Waals surface area contributed by atoms with E-state index < -0.39 is 23.4 Å². The van der Waals surface area contributed by atoms with Crippen LogP contribution < -0.4 is 16.5 Å².